The van der Waals surface area contributed by atoms with E-state index in [2.05, 4.69) is 15.9 Å². The van der Waals surface area contributed by atoms with E-state index in [1.54, 1.807) is 11.3 Å². The average Bonchev–Trinajstić information content (AvgIpc) is 2.39. The summed E-state index contributed by atoms with van der Waals surface area (Å²) in [6.45, 7) is 0.0600. The van der Waals surface area contributed by atoms with Gasteiger partial charge in [-0.15, -0.1) is 11.3 Å². The number of rotatable bonds is 1. The number of thiophene rings is 1. The molecule has 1 aromatic heterocycles. The number of hydrogen-bond donors (Lipinski definition) is 2. The van der Waals surface area contributed by atoms with E-state index in [-0.39, 0.29) is 6.61 Å². The molecule has 1 aromatic carbocycles. The van der Waals surface area contributed by atoms with Gasteiger partial charge in [-0.2, -0.15) is 0 Å². The van der Waals surface area contributed by atoms with Crippen LogP contribution in [-0.4, -0.2) is 5.11 Å². The van der Waals surface area contributed by atoms with E-state index in [9.17, 15) is 0 Å². The highest BCUT2D eigenvalue weighted by molar-refractivity contribution is 9.11. The lowest BCUT2D eigenvalue weighted by atomic mass is 10.2. The van der Waals surface area contributed by atoms with Crippen molar-refractivity contribution in [3.05, 3.63) is 27.5 Å². The Kier molecular flexibility index (Phi) is 2.27. The summed E-state index contributed by atoms with van der Waals surface area (Å²) in [5.41, 5.74) is 7.35. The van der Waals surface area contributed by atoms with Crippen molar-refractivity contribution in [2.75, 3.05) is 5.73 Å². The van der Waals surface area contributed by atoms with Crippen LogP contribution in [-0.2, 0) is 6.61 Å². The Morgan fingerprint density at radius 2 is 2.23 bits per heavy atom. The molecule has 0 saturated heterocycles. The number of aliphatic hydroxyl groups is 1. The Morgan fingerprint density at radius 1 is 1.46 bits per heavy atom. The molecule has 0 saturated carbocycles. The summed E-state index contributed by atoms with van der Waals surface area (Å²) in [7, 11) is 0. The van der Waals surface area contributed by atoms with E-state index < -0.39 is 0 Å². The Labute approximate surface area is 88.1 Å². The van der Waals surface area contributed by atoms with Crippen molar-refractivity contribution in [1.82, 2.24) is 0 Å². The third-order valence-corrected chi connectivity index (χ3v) is 3.87. The van der Waals surface area contributed by atoms with E-state index in [0.717, 1.165) is 25.1 Å². The second-order valence-corrected chi connectivity index (χ2v) is 5.14. The summed E-state index contributed by atoms with van der Waals surface area (Å²) in [5.74, 6) is 0. The van der Waals surface area contributed by atoms with Gasteiger partial charge >= 0.3 is 0 Å². The Balaban J connectivity index is 2.79. The van der Waals surface area contributed by atoms with Crippen LogP contribution in [0.15, 0.2) is 22.0 Å². The molecule has 3 N–H and O–H groups in total. The Bertz CT molecular complexity index is 452. The van der Waals surface area contributed by atoms with Crippen LogP contribution in [0.5, 0.6) is 0 Å². The predicted octanol–water partition coefficient (Wildman–Crippen LogP) is 2.74. The molecule has 4 heteroatoms. The zero-order chi connectivity index (χ0) is 9.42. The smallest absolute Gasteiger partial charge is 0.0766 e. The van der Waals surface area contributed by atoms with Crippen molar-refractivity contribution in [3.8, 4) is 0 Å². The molecule has 13 heavy (non-hydrogen) atoms. The lowest BCUT2D eigenvalue weighted by Gasteiger charge is -1.95. The molecule has 0 radical (unpaired) electrons. The first-order valence-electron chi connectivity index (χ1n) is 3.79. The summed E-state index contributed by atoms with van der Waals surface area (Å²) in [4.78, 5) is 0. The number of aliphatic hydroxyl groups excluding tert-OH is 1. The first kappa shape index (κ1) is 8.99. The second-order valence-electron chi connectivity index (χ2n) is 2.77. The summed E-state index contributed by atoms with van der Waals surface area (Å²) in [6, 6.07) is 5.71. The zero-order valence-electron chi connectivity index (χ0n) is 6.75. The molecule has 68 valence electrons. The quantitative estimate of drug-likeness (QED) is 0.772. The maximum Gasteiger partial charge on any atom is 0.0766 e. The van der Waals surface area contributed by atoms with E-state index in [1.165, 1.54) is 0 Å². The van der Waals surface area contributed by atoms with Gasteiger partial charge < -0.3 is 10.8 Å². The minimum atomic E-state index is 0.0600. The highest BCUT2D eigenvalue weighted by Gasteiger charge is 2.08. The number of nitrogens with two attached hydrogens (primary N) is 1. The normalized spacial score (nSPS) is 10.9. The number of fused-ring (bicyclic) bond motifs is 1. The van der Waals surface area contributed by atoms with Gasteiger partial charge in [0.05, 0.1) is 10.4 Å². The van der Waals surface area contributed by atoms with Crippen LogP contribution >= 0.6 is 27.3 Å². The molecule has 0 bridgehead atoms. The first-order chi connectivity index (χ1) is 6.22. The van der Waals surface area contributed by atoms with Crippen molar-refractivity contribution in [3.63, 3.8) is 0 Å². The first-order valence-corrected chi connectivity index (χ1v) is 5.40. The van der Waals surface area contributed by atoms with Crippen LogP contribution in [0.4, 0.5) is 5.69 Å². The maximum atomic E-state index is 9.12. The molecule has 2 nitrogen and oxygen atoms in total. The third-order valence-electron chi connectivity index (χ3n) is 1.93. The lowest BCUT2D eigenvalue weighted by molar-refractivity contribution is 0.283. The molecule has 2 aromatic rings. The largest absolute Gasteiger partial charge is 0.399 e. The molecule has 2 rings (SSSR count). The van der Waals surface area contributed by atoms with Crippen LogP contribution in [0.25, 0.3) is 10.1 Å². The van der Waals surface area contributed by atoms with Gasteiger partial charge in [0.25, 0.3) is 0 Å². The van der Waals surface area contributed by atoms with Crippen molar-refractivity contribution >= 4 is 43.0 Å². The van der Waals surface area contributed by atoms with Crippen molar-refractivity contribution in [1.29, 1.82) is 0 Å². The zero-order valence-corrected chi connectivity index (χ0v) is 9.15. The third kappa shape index (κ3) is 1.45. The molecule has 0 amide bonds. The van der Waals surface area contributed by atoms with Crippen LogP contribution in [0.1, 0.15) is 5.56 Å². The van der Waals surface area contributed by atoms with Crippen molar-refractivity contribution < 1.29 is 5.11 Å². The average molecular weight is 258 g/mol. The highest BCUT2D eigenvalue weighted by Crippen LogP contribution is 2.36. The molecule has 0 atom stereocenters. The molecule has 0 spiro atoms. The van der Waals surface area contributed by atoms with E-state index in [0.29, 0.717) is 0 Å². The lowest BCUT2D eigenvalue weighted by Crippen LogP contribution is -1.83. The Morgan fingerprint density at radius 3 is 2.92 bits per heavy atom. The SMILES string of the molecule is Nc1ccc2c(CO)c(Br)sc2c1. The molecular weight excluding hydrogens is 250 g/mol. The molecule has 0 unspecified atom stereocenters. The fraction of sp³-hybridized carbons (Fsp3) is 0.111. The summed E-state index contributed by atoms with van der Waals surface area (Å²) >= 11 is 5.01. The van der Waals surface area contributed by atoms with E-state index >= 15 is 0 Å². The van der Waals surface area contributed by atoms with Gasteiger partial charge in [0.1, 0.15) is 0 Å². The van der Waals surface area contributed by atoms with Crippen LogP contribution in [0.2, 0.25) is 0 Å². The monoisotopic (exact) mass is 257 g/mol. The van der Waals surface area contributed by atoms with Gasteiger partial charge in [0, 0.05) is 16.0 Å². The van der Waals surface area contributed by atoms with E-state index in [4.69, 9.17) is 10.8 Å². The molecular formula is C9H8BrNOS. The number of nitrogen functional groups attached to an aromatic ring is 1. The van der Waals surface area contributed by atoms with E-state index in [1.807, 2.05) is 18.2 Å². The maximum absolute atomic E-state index is 9.12. The highest BCUT2D eigenvalue weighted by atomic mass is 79.9. The second kappa shape index (κ2) is 3.29. The molecule has 0 aliphatic rings. The molecule has 0 fully saturated rings. The molecule has 0 aliphatic carbocycles. The Hall–Kier alpha value is -0.580. The van der Waals surface area contributed by atoms with Crippen LogP contribution in [0.3, 0.4) is 0 Å². The number of anilines is 1. The van der Waals surface area contributed by atoms with Gasteiger partial charge in [0.2, 0.25) is 0 Å². The number of halogens is 1. The number of benzene rings is 1. The summed E-state index contributed by atoms with van der Waals surface area (Å²) in [6.07, 6.45) is 0. The minimum absolute atomic E-state index is 0.0600. The van der Waals surface area contributed by atoms with Crippen molar-refractivity contribution in [2.45, 2.75) is 6.61 Å². The topological polar surface area (TPSA) is 46.2 Å². The fourth-order valence-corrected chi connectivity index (χ4v) is 3.13. The predicted molar refractivity (Wildman–Crippen MR) is 59.9 cm³/mol. The number of hydrogen-bond acceptors (Lipinski definition) is 3. The standard InChI is InChI=1S/C9H8BrNOS/c10-9-7(4-12)6-2-1-5(11)3-8(6)13-9/h1-3,12H,4,11H2. The minimum Gasteiger partial charge on any atom is -0.399 e. The molecule has 1 heterocycles. The van der Waals surface area contributed by atoms with Gasteiger partial charge in [-0.25, -0.2) is 0 Å². The van der Waals surface area contributed by atoms with Gasteiger partial charge in [-0.05, 0) is 33.4 Å². The fourth-order valence-electron chi connectivity index (χ4n) is 1.28. The summed E-state index contributed by atoms with van der Waals surface area (Å²) < 4.78 is 2.09. The van der Waals surface area contributed by atoms with Gasteiger partial charge in [-0.3, -0.25) is 0 Å². The van der Waals surface area contributed by atoms with Gasteiger partial charge in [0.15, 0.2) is 0 Å². The molecule has 0 aliphatic heterocycles. The van der Waals surface area contributed by atoms with Crippen molar-refractivity contribution in [2.24, 2.45) is 0 Å². The van der Waals surface area contributed by atoms with Gasteiger partial charge in [-0.1, -0.05) is 6.07 Å². The van der Waals surface area contributed by atoms with Crippen LogP contribution < -0.4 is 5.73 Å². The summed E-state index contributed by atoms with van der Waals surface area (Å²) in [5, 5.41) is 10.2. The van der Waals surface area contributed by atoms with Crippen LogP contribution in [0, 0.1) is 0 Å².